The summed E-state index contributed by atoms with van der Waals surface area (Å²) in [7, 11) is 1.72. The highest BCUT2D eigenvalue weighted by Gasteiger charge is 2.21. The minimum absolute atomic E-state index is 0.287. The van der Waals surface area contributed by atoms with E-state index >= 15 is 0 Å². The van der Waals surface area contributed by atoms with Gasteiger partial charge in [0.05, 0.1) is 25.4 Å². The van der Waals surface area contributed by atoms with Gasteiger partial charge in [0.1, 0.15) is 5.75 Å². The molecule has 1 aliphatic rings. The Morgan fingerprint density at radius 1 is 1.13 bits per heavy atom. The van der Waals surface area contributed by atoms with Crippen LogP contribution in [0.15, 0.2) is 24.3 Å². The highest BCUT2D eigenvalue weighted by molar-refractivity contribution is 5.58. The quantitative estimate of drug-likeness (QED) is 0.835. The lowest BCUT2D eigenvalue weighted by molar-refractivity contribution is 0.237. The molecule has 7 heteroatoms. The molecule has 1 aromatic heterocycles. The minimum Gasteiger partial charge on any atom is -0.495 e. The van der Waals surface area contributed by atoms with E-state index in [1.54, 1.807) is 7.11 Å². The third-order valence-corrected chi connectivity index (χ3v) is 4.21. The molecule has 1 aliphatic heterocycles. The van der Waals surface area contributed by atoms with Crippen LogP contribution in [0.4, 0.5) is 5.69 Å². The number of rotatable bonds is 5. The van der Waals surface area contributed by atoms with Crippen LogP contribution in [-0.4, -0.2) is 58.4 Å². The van der Waals surface area contributed by atoms with Crippen molar-refractivity contribution < 1.29 is 4.74 Å². The van der Waals surface area contributed by atoms with Gasteiger partial charge in [0.15, 0.2) is 5.82 Å². The van der Waals surface area contributed by atoms with Gasteiger partial charge in [-0.05, 0) is 36.4 Å². The molecule has 3 rings (SSSR count). The summed E-state index contributed by atoms with van der Waals surface area (Å²) in [4.78, 5) is 4.78. The van der Waals surface area contributed by atoms with Gasteiger partial charge in [-0.3, -0.25) is 4.90 Å². The van der Waals surface area contributed by atoms with Crippen molar-refractivity contribution in [1.82, 2.24) is 25.1 Å². The number of nitrogens with zero attached hydrogens (tertiary/aromatic N) is 6. The van der Waals surface area contributed by atoms with Crippen LogP contribution in [0.1, 0.15) is 25.7 Å². The van der Waals surface area contributed by atoms with Gasteiger partial charge in [0, 0.05) is 26.2 Å². The highest BCUT2D eigenvalue weighted by atomic mass is 16.5. The average Bonchev–Trinajstić information content (AvgIpc) is 3.04. The van der Waals surface area contributed by atoms with Crippen LogP contribution < -0.4 is 9.64 Å². The summed E-state index contributed by atoms with van der Waals surface area (Å²) in [6.07, 6.45) is 0. The molecular formula is C16H24N6O. The molecule has 1 aromatic carbocycles. The lowest BCUT2D eigenvalue weighted by Gasteiger charge is -2.36. The van der Waals surface area contributed by atoms with Gasteiger partial charge in [-0.2, -0.15) is 0 Å². The molecule has 7 nitrogen and oxygen atoms in total. The summed E-state index contributed by atoms with van der Waals surface area (Å²) in [6.45, 7) is 8.92. The van der Waals surface area contributed by atoms with Gasteiger partial charge in [0.25, 0.3) is 0 Å². The van der Waals surface area contributed by atoms with Crippen LogP contribution >= 0.6 is 0 Å². The van der Waals surface area contributed by atoms with Crippen LogP contribution in [0.2, 0.25) is 0 Å². The fraction of sp³-hybridized carbons (Fsp3) is 0.562. The maximum absolute atomic E-state index is 5.47. The fourth-order valence-corrected chi connectivity index (χ4v) is 2.96. The lowest BCUT2D eigenvalue weighted by atomic mass is 10.2. The number of hydrogen-bond donors (Lipinski definition) is 0. The molecule has 0 N–H and O–H groups in total. The molecule has 0 bridgehead atoms. The Hall–Kier alpha value is -2.15. The molecule has 1 fully saturated rings. The molecule has 0 saturated carbocycles. The second-order valence-corrected chi connectivity index (χ2v) is 6.07. The summed E-state index contributed by atoms with van der Waals surface area (Å²) in [5.74, 6) is 1.87. The van der Waals surface area contributed by atoms with Crippen molar-refractivity contribution in [1.29, 1.82) is 0 Å². The predicted octanol–water partition coefficient (Wildman–Crippen LogP) is 1.58. The second-order valence-electron chi connectivity index (χ2n) is 6.07. The van der Waals surface area contributed by atoms with E-state index in [1.807, 2.05) is 16.8 Å². The largest absolute Gasteiger partial charge is 0.495 e. The minimum atomic E-state index is 0.287. The van der Waals surface area contributed by atoms with E-state index in [4.69, 9.17) is 4.74 Å². The molecule has 0 spiro atoms. The number of methoxy groups -OCH3 is 1. The Kier molecular flexibility index (Phi) is 4.76. The zero-order valence-corrected chi connectivity index (χ0v) is 14.0. The van der Waals surface area contributed by atoms with Gasteiger partial charge in [0.2, 0.25) is 0 Å². The summed E-state index contributed by atoms with van der Waals surface area (Å²) < 4.78 is 7.36. The molecule has 0 atom stereocenters. The third kappa shape index (κ3) is 3.44. The molecule has 124 valence electrons. The Morgan fingerprint density at radius 2 is 1.87 bits per heavy atom. The lowest BCUT2D eigenvalue weighted by Crippen LogP contribution is -2.46. The summed E-state index contributed by atoms with van der Waals surface area (Å²) in [5, 5.41) is 12.0. The molecule has 23 heavy (non-hydrogen) atoms. The van der Waals surface area contributed by atoms with Gasteiger partial charge in [-0.15, -0.1) is 5.10 Å². The van der Waals surface area contributed by atoms with Gasteiger partial charge < -0.3 is 9.64 Å². The third-order valence-electron chi connectivity index (χ3n) is 4.21. The number of ether oxygens (including phenoxy) is 1. The molecule has 0 amide bonds. The monoisotopic (exact) mass is 316 g/mol. The first-order valence-electron chi connectivity index (χ1n) is 8.06. The molecule has 2 heterocycles. The van der Waals surface area contributed by atoms with E-state index < -0.39 is 0 Å². The topological polar surface area (TPSA) is 59.3 Å². The normalized spacial score (nSPS) is 16.1. The van der Waals surface area contributed by atoms with Crippen LogP contribution in [0.3, 0.4) is 0 Å². The first-order valence-corrected chi connectivity index (χ1v) is 8.06. The van der Waals surface area contributed by atoms with E-state index in [0.29, 0.717) is 0 Å². The number of piperazine rings is 1. The highest BCUT2D eigenvalue weighted by Crippen LogP contribution is 2.28. The van der Waals surface area contributed by atoms with E-state index in [1.165, 1.54) is 5.69 Å². The Balaban J connectivity index is 1.61. The SMILES string of the molecule is COc1ccccc1N1CCN(Cc2nnnn2C(C)C)CC1. The van der Waals surface area contributed by atoms with Crippen molar-refractivity contribution in [3.05, 3.63) is 30.1 Å². The summed E-state index contributed by atoms with van der Waals surface area (Å²) >= 11 is 0. The maximum atomic E-state index is 5.47. The maximum Gasteiger partial charge on any atom is 0.165 e. The molecule has 0 aliphatic carbocycles. The Morgan fingerprint density at radius 3 is 2.57 bits per heavy atom. The van der Waals surface area contributed by atoms with E-state index in [0.717, 1.165) is 44.3 Å². The van der Waals surface area contributed by atoms with Crippen molar-refractivity contribution in [2.75, 3.05) is 38.2 Å². The van der Waals surface area contributed by atoms with E-state index in [2.05, 4.69) is 51.3 Å². The predicted molar refractivity (Wildman–Crippen MR) is 88.7 cm³/mol. The number of anilines is 1. The standard InChI is InChI=1S/C16H24N6O/c1-13(2)22-16(17-18-19-22)12-20-8-10-21(11-9-20)14-6-4-5-7-15(14)23-3/h4-7,13H,8-12H2,1-3H3. The van der Waals surface area contributed by atoms with Gasteiger partial charge in [-0.1, -0.05) is 12.1 Å². The Labute approximate surface area is 136 Å². The number of para-hydroxylation sites is 2. The second kappa shape index (κ2) is 6.95. The average molecular weight is 316 g/mol. The zero-order valence-electron chi connectivity index (χ0n) is 14.0. The molecule has 0 unspecified atom stereocenters. The van der Waals surface area contributed by atoms with Crippen LogP contribution in [0.5, 0.6) is 5.75 Å². The zero-order chi connectivity index (χ0) is 16.2. The molecule has 1 saturated heterocycles. The van der Waals surface area contributed by atoms with E-state index in [9.17, 15) is 0 Å². The number of tetrazole rings is 1. The molecular weight excluding hydrogens is 292 g/mol. The van der Waals surface area contributed by atoms with Crippen molar-refractivity contribution in [2.45, 2.75) is 26.4 Å². The van der Waals surface area contributed by atoms with Crippen LogP contribution in [0.25, 0.3) is 0 Å². The van der Waals surface area contributed by atoms with Crippen molar-refractivity contribution >= 4 is 5.69 Å². The number of benzene rings is 1. The van der Waals surface area contributed by atoms with Crippen LogP contribution in [0, 0.1) is 0 Å². The van der Waals surface area contributed by atoms with Gasteiger partial charge in [-0.25, -0.2) is 4.68 Å². The molecule has 0 radical (unpaired) electrons. The van der Waals surface area contributed by atoms with Crippen molar-refractivity contribution in [3.63, 3.8) is 0 Å². The van der Waals surface area contributed by atoms with Crippen molar-refractivity contribution in [2.24, 2.45) is 0 Å². The van der Waals surface area contributed by atoms with E-state index in [-0.39, 0.29) is 6.04 Å². The van der Waals surface area contributed by atoms with Crippen LogP contribution in [-0.2, 0) is 6.54 Å². The smallest absolute Gasteiger partial charge is 0.165 e. The fourth-order valence-electron chi connectivity index (χ4n) is 2.96. The first kappa shape index (κ1) is 15.7. The summed E-state index contributed by atoms with van der Waals surface area (Å²) in [6, 6.07) is 8.48. The summed E-state index contributed by atoms with van der Waals surface area (Å²) in [5.41, 5.74) is 1.17. The molecule has 2 aromatic rings. The number of aromatic nitrogens is 4. The van der Waals surface area contributed by atoms with Gasteiger partial charge >= 0.3 is 0 Å². The Bertz CT molecular complexity index is 633. The first-order chi connectivity index (χ1) is 11.2. The van der Waals surface area contributed by atoms with Crippen molar-refractivity contribution in [3.8, 4) is 5.75 Å². The number of hydrogen-bond acceptors (Lipinski definition) is 6.